The highest BCUT2D eigenvalue weighted by atomic mass is 16.2. The lowest BCUT2D eigenvalue weighted by molar-refractivity contribution is -0.122. The summed E-state index contributed by atoms with van der Waals surface area (Å²) in [4.78, 5) is 41.4. The van der Waals surface area contributed by atoms with Crippen LogP contribution in [0.1, 0.15) is 30.3 Å². The summed E-state index contributed by atoms with van der Waals surface area (Å²) < 4.78 is 1.34. The molecule has 2 aliphatic rings. The largest absolute Gasteiger partial charge is 0.352 e. The molecule has 1 aliphatic heterocycles. The number of rotatable bonds is 5. The minimum atomic E-state index is -0.179. The highest BCUT2D eigenvalue weighted by Gasteiger charge is 2.28. The number of piperazine rings is 1. The maximum absolute atomic E-state index is 13.1. The van der Waals surface area contributed by atoms with Crippen molar-refractivity contribution in [2.24, 2.45) is 0 Å². The quantitative estimate of drug-likeness (QED) is 0.810. The Morgan fingerprint density at radius 3 is 2.43 bits per heavy atom. The molecular weight excluding hydrogens is 358 g/mol. The van der Waals surface area contributed by atoms with Gasteiger partial charge < -0.3 is 10.2 Å². The lowest BCUT2D eigenvalue weighted by Crippen LogP contribution is -2.51. The molecule has 2 amide bonds. The number of aryl methyl sites for hydroxylation is 1. The molecule has 28 heavy (non-hydrogen) atoms. The third-order valence-electron chi connectivity index (χ3n) is 5.34. The molecule has 148 valence electrons. The van der Waals surface area contributed by atoms with E-state index in [1.54, 1.807) is 23.1 Å². The number of benzene rings is 1. The molecule has 2 aromatic rings. The fourth-order valence-electron chi connectivity index (χ4n) is 3.57. The van der Waals surface area contributed by atoms with E-state index < -0.39 is 0 Å². The number of hydrogen-bond donors (Lipinski definition) is 1. The van der Waals surface area contributed by atoms with Gasteiger partial charge in [-0.1, -0.05) is 18.2 Å². The third kappa shape index (κ3) is 3.77. The van der Waals surface area contributed by atoms with E-state index in [1.165, 1.54) is 4.68 Å². The Morgan fingerprint density at radius 2 is 1.79 bits per heavy atom. The average Bonchev–Trinajstić information content (AvgIpc) is 3.52. The summed E-state index contributed by atoms with van der Waals surface area (Å²) in [5, 5.41) is 8.44. The van der Waals surface area contributed by atoms with E-state index in [2.05, 4.69) is 15.3 Å². The number of hydrogen-bond acceptors (Lipinski definition) is 5. The zero-order valence-corrected chi connectivity index (χ0v) is 16.1. The molecule has 0 spiro atoms. The Balaban J connectivity index is 1.47. The van der Waals surface area contributed by atoms with Gasteiger partial charge in [-0.05, 0) is 25.8 Å². The molecule has 1 aliphatic carbocycles. The number of nitrogens with zero attached hydrogens (tertiary/aromatic N) is 4. The zero-order valence-electron chi connectivity index (χ0n) is 16.1. The molecule has 2 fully saturated rings. The fraction of sp³-hybridized carbons (Fsp3) is 0.500. The first-order valence-electron chi connectivity index (χ1n) is 9.87. The molecule has 0 unspecified atom stereocenters. The standard InChI is InChI=1S/C20H25N5O3/c1-2-25-19(27)16-6-4-3-5-15(16)18(22-25)20(28)24-11-9-23(10-12-24)13-17(26)21-14-7-8-14/h3-6,14H,2,7-13H2,1H3,(H,21,26). The van der Waals surface area contributed by atoms with Crippen molar-refractivity contribution in [3.63, 3.8) is 0 Å². The normalized spacial score (nSPS) is 17.7. The van der Waals surface area contributed by atoms with Crippen LogP contribution in [-0.2, 0) is 11.3 Å². The Hall–Kier alpha value is -2.74. The van der Waals surface area contributed by atoms with Crippen molar-refractivity contribution in [2.75, 3.05) is 32.7 Å². The fourth-order valence-corrected chi connectivity index (χ4v) is 3.57. The molecule has 8 nitrogen and oxygen atoms in total. The van der Waals surface area contributed by atoms with Crippen LogP contribution in [0.2, 0.25) is 0 Å². The highest BCUT2D eigenvalue weighted by Crippen LogP contribution is 2.19. The molecule has 1 aromatic carbocycles. The van der Waals surface area contributed by atoms with Crippen LogP contribution >= 0.6 is 0 Å². The van der Waals surface area contributed by atoms with E-state index in [0.717, 1.165) is 12.8 Å². The molecule has 1 saturated carbocycles. The predicted octanol–water partition coefficient (Wildman–Crippen LogP) is 0.453. The van der Waals surface area contributed by atoms with Gasteiger partial charge in [-0.2, -0.15) is 5.10 Å². The second-order valence-electron chi connectivity index (χ2n) is 7.43. The van der Waals surface area contributed by atoms with E-state index in [4.69, 9.17) is 0 Å². The second-order valence-corrected chi connectivity index (χ2v) is 7.43. The molecule has 0 radical (unpaired) electrons. The van der Waals surface area contributed by atoms with Gasteiger partial charge in [0.05, 0.1) is 11.9 Å². The number of aromatic nitrogens is 2. The molecular formula is C20H25N5O3. The van der Waals surface area contributed by atoms with Gasteiger partial charge in [0, 0.05) is 44.2 Å². The summed E-state index contributed by atoms with van der Waals surface area (Å²) in [6.45, 7) is 5.00. The van der Waals surface area contributed by atoms with Crippen LogP contribution in [0.4, 0.5) is 0 Å². The van der Waals surface area contributed by atoms with Crippen molar-refractivity contribution in [1.82, 2.24) is 24.9 Å². The summed E-state index contributed by atoms with van der Waals surface area (Å²) in [5.41, 5.74) is 0.137. The van der Waals surface area contributed by atoms with E-state index in [-0.39, 0.29) is 17.4 Å². The number of fused-ring (bicyclic) bond motifs is 1. The number of carbonyl (C=O) groups excluding carboxylic acids is 2. The first-order chi connectivity index (χ1) is 13.6. The lowest BCUT2D eigenvalue weighted by Gasteiger charge is -2.34. The minimum Gasteiger partial charge on any atom is -0.352 e. The van der Waals surface area contributed by atoms with Gasteiger partial charge in [0.15, 0.2) is 5.69 Å². The van der Waals surface area contributed by atoms with Gasteiger partial charge in [0.25, 0.3) is 11.5 Å². The van der Waals surface area contributed by atoms with Crippen LogP contribution < -0.4 is 10.9 Å². The SMILES string of the molecule is CCn1nc(C(=O)N2CCN(CC(=O)NC3CC3)CC2)c2ccccc2c1=O. The van der Waals surface area contributed by atoms with Gasteiger partial charge in [-0.25, -0.2) is 4.68 Å². The summed E-state index contributed by atoms with van der Waals surface area (Å²) in [6.07, 6.45) is 2.16. The summed E-state index contributed by atoms with van der Waals surface area (Å²) in [7, 11) is 0. The molecule has 1 N–H and O–H groups in total. The molecule has 1 aromatic heterocycles. The van der Waals surface area contributed by atoms with Gasteiger partial charge >= 0.3 is 0 Å². The van der Waals surface area contributed by atoms with Gasteiger partial charge in [0.1, 0.15) is 0 Å². The molecule has 0 bridgehead atoms. The van der Waals surface area contributed by atoms with Crippen LogP contribution in [0.3, 0.4) is 0 Å². The Kier molecular flexibility index (Phi) is 5.13. The van der Waals surface area contributed by atoms with Crippen LogP contribution in [0.25, 0.3) is 10.8 Å². The van der Waals surface area contributed by atoms with Crippen molar-refractivity contribution in [3.05, 3.63) is 40.3 Å². The molecule has 4 rings (SSSR count). The summed E-state index contributed by atoms with van der Waals surface area (Å²) in [5.74, 6) is -0.106. The van der Waals surface area contributed by atoms with Crippen LogP contribution in [0.15, 0.2) is 29.1 Å². The lowest BCUT2D eigenvalue weighted by atomic mass is 10.1. The van der Waals surface area contributed by atoms with Gasteiger partial charge in [-0.15, -0.1) is 0 Å². The molecule has 1 saturated heterocycles. The summed E-state index contributed by atoms with van der Waals surface area (Å²) in [6, 6.07) is 7.48. The molecule has 8 heteroatoms. The van der Waals surface area contributed by atoms with Crippen molar-refractivity contribution in [1.29, 1.82) is 0 Å². The Labute approximate surface area is 163 Å². The molecule has 0 atom stereocenters. The third-order valence-corrected chi connectivity index (χ3v) is 5.34. The maximum atomic E-state index is 13.1. The Morgan fingerprint density at radius 1 is 1.11 bits per heavy atom. The van der Waals surface area contributed by atoms with Crippen molar-refractivity contribution in [3.8, 4) is 0 Å². The topological polar surface area (TPSA) is 87.5 Å². The second kappa shape index (κ2) is 7.71. The molecule has 2 heterocycles. The van der Waals surface area contributed by atoms with Gasteiger partial charge in [-0.3, -0.25) is 19.3 Å². The van der Waals surface area contributed by atoms with Crippen LogP contribution in [-0.4, -0.2) is 70.2 Å². The highest BCUT2D eigenvalue weighted by molar-refractivity contribution is 6.04. The van der Waals surface area contributed by atoms with Crippen molar-refractivity contribution in [2.45, 2.75) is 32.4 Å². The van der Waals surface area contributed by atoms with E-state index in [1.807, 2.05) is 13.0 Å². The predicted molar refractivity (Wildman–Crippen MR) is 105 cm³/mol. The monoisotopic (exact) mass is 383 g/mol. The van der Waals surface area contributed by atoms with Crippen LogP contribution in [0.5, 0.6) is 0 Å². The maximum Gasteiger partial charge on any atom is 0.275 e. The van der Waals surface area contributed by atoms with Crippen molar-refractivity contribution >= 4 is 22.6 Å². The van der Waals surface area contributed by atoms with Crippen molar-refractivity contribution < 1.29 is 9.59 Å². The first-order valence-corrected chi connectivity index (χ1v) is 9.87. The number of carbonyl (C=O) groups is 2. The van der Waals surface area contributed by atoms with E-state index >= 15 is 0 Å². The minimum absolute atomic E-state index is 0.0601. The van der Waals surface area contributed by atoms with E-state index in [9.17, 15) is 14.4 Å². The number of amides is 2. The zero-order chi connectivity index (χ0) is 19.7. The van der Waals surface area contributed by atoms with Crippen LogP contribution in [0, 0.1) is 0 Å². The van der Waals surface area contributed by atoms with E-state index in [0.29, 0.717) is 61.8 Å². The smallest absolute Gasteiger partial charge is 0.275 e. The van der Waals surface area contributed by atoms with Gasteiger partial charge in [0.2, 0.25) is 5.91 Å². The summed E-state index contributed by atoms with van der Waals surface area (Å²) >= 11 is 0. The first kappa shape index (κ1) is 18.6. The Bertz CT molecular complexity index is 958. The number of nitrogens with one attached hydrogen (secondary N) is 1. The average molecular weight is 383 g/mol.